The summed E-state index contributed by atoms with van der Waals surface area (Å²) in [6.45, 7) is 5.80. The summed E-state index contributed by atoms with van der Waals surface area (Å²) >= 11 is 0. The molecular formula is C15H21NO2. The first-order chi connectivity index (χ1) is 8.52. The Morgan fingerprint density at radius 1 is 1.44 bits per heavy atom. The van der Waals surface area contributed by atoms with Crippen LogP contribution >= 0.6 is 0 Å². The average molecular weight is 247 g/mol. The largest absolute Gasteiger partial charge is 0.480 e. The zero-order valence-electron chi connectivity index (χ0n) is 11.1. The summed E-state index contributed by atoms with van der Waals surface area (Å²) in [4.78, 5) is 13.8. The molecule has 0 bridgehead atoms. The quantitative estimate of drug-likeness (QED) is 0.888. The third kappa shape index (κ3) is 2.56. The number of hydrogen-bond donors (Lipinski definition) is 1. The number of aliphatic carboxylic acids is 1. The van der Waals surface area contributed by atoms with Crippen molar-refractivity contribution in [3.8, 4) is 0 Å². The summed E-state index contributed by atoms with van der Waals surface area (Å²) in [6, 6.07) is 9.88. The van der Waals surface area contributed by atoms with Crippen molar-refractivity contribution in [2.75, 3.05) is 13.1 Å². The molecule has 3 heteroatoms. The Morgan fingerprint density at radius 2 is 2.11 bits per heavy atom. The van der Waals surface area contributed by atoms with Crippen LogP contribution in [0.3, 0.4) is 0 Å². The first-order valence-electron chi connectivity index (χ1n) is 6.55. The average Bonchev–Trinajstić information content (AvgIpc) is 2.77. The van der Waals surface area contributed by atoms with Gasteiger partial charge in [0.15, 0.2) is 0 Å². The number of carboxylic acid groups (broad SMARTS) is 1. The highest BCUT2D eigenvalue weighted by atomic mass is 16.4. The van der Waals surface area contributed by atoms with Gasteiger partial charge < -0.3 is 5.11 Å². The van der Waals surface area contributed by atoms with Crippen LogP contribution < -0.4 is 0 Å². The zero-order chi connectivity index (χ0) is 13.2. The van der Waals surface area contributed by atoms with E-state index in [-0.39, 0.29) is 0 Å². The van der Waals surface area contributed by atoms with Crippen LogP contribution in [0.2, 0.25) is 0 Å². The monoisotopic (exact) mass is 247 g/mol. The van der Waals surface area contributed by atoms with Crippen LogP contribution in [0.1, 0.15) is 25.8 Å². The van der Waals surface area contributed by atoms with E-state index in [1.807, 2.05) is 37.3 Å². The van der Waals surface area contributed by atoms with Gasteiger partial charge in [0.25, 0.3) is 0 Å². The van der Waals surface area contributed by atoms with Crippen LogP contribution in [0, 0.1) is 5.92 Å². The number of nitrogens with zero attached hydrogens (tertiary/aromatic N) is 1. The van der Waals surface area contributed by atoms with Crippen LogP contribution in [-0.4, -0.2) is 34.6 Å². The van der Waals surface area contributed by atoms with Gasteiger partial charge in [-0.05, 0) is 31.4 Å². The van der Waals surface area contributed by atoms with Crippen molar-refractivity contribution >= 4 is 5.97 Å². The van der Waals surface area contributed by atoms with Gasteiger partial charge in [-0.1, -0.05) is 37.3 Å². The van der Waals surface area contributed by atoms with Crippen LogP contribution in [0.4, 0.5) is 0 Å². The second kappa shape index (κ2) is 5.11. The van der Waals surface area contributed by atoms with Gasteiger partial charge >= 0.3 is 5.97 Å². The molecule has 1 N–H and O–H groups in total. The van der Waals surface area contributed by atoms with E-state index in [1.165, 1.54) is 0 Å². The lowest BCUT2D eigenvalue weighted by molar-refractivity contribution is -0.149. The molecule has 1 fully saturated rings. The number of likely N-dealkylation sites (tertiary alicyclic amines) is 1. The highest BCUT2D eigenvalue weighted by Crippen LogP contribution is 2.28. The second-order valence-electron chi connectivity index (χ2n) is 5.58. The highest BCUT2D eigenvalue weighted by molar-refractivity contribution is 5.78. The molecule has 3 nitrogen and oxygen atoms in total. The topological polar surface area (TPSA) is 40.5 Å². The van der Waals surface area contributed by atoms with Crippen LogP contribution in [0.15, 0.2) is 30.3 Å². The molecule has 0 radical (unpaired) electrons. The molecule has 1 aliphatic rings. The van der Waals surface area contributed by atoms with Gasteiger partial charge in [0.2, 0.25) is 0 Å². The van der Waals surface area contributed by atoms with Gasteiger partial charge in [-0.3, -0.25) is 9.69 Å². The maximum Gasteiger partial charge on any atom is 0.324 e. The van der Waals surface area contributed by atoms with Gasteiger partial charge in [0.05, 0.1) is 0 Å². The molecule has 1 heterocycles. The maximum atomic E-state index is 11.7. The highest BCUT2D eigenvalue weighted by Gasteiger charge is 2.42. The molecule has 0 saturated carbocycles. The van der Waals surface area contributed by atoms with Crippen molar-refractivity contribution < 1.29 is 9.90 Å². The SMILES string of the molecule is CC1CCN(C(C)(Cc2ccccc2)C(=O)O)C1. The Balaban J connectivity index is 2.19. The van der Waals surface area contributed by atoms with Crippen LogP contribution in [0.25, 0.3) is 0 Å². The van der Waals surface area contributed by atoms with Gasteiger partial charge in [-0.15, -0.1) is 0 Å². The summed E-state index contributed by atoms with van der Waals surface area (Å²) in [5.41, 5.74) is 0.300. The van der Waals surface area contributed by atoms with E-state index in [4.69, 9.17) is 0 Å². The molecule has 1 aliphatic heterocycles. The van der Waals surface area contributed by atoms with E-state index in [9.17, 15) is 9.90 Å². The van der Waals surface area contributed by atoms with Crippen LogP contribution in [-0.2, 0) is 11.2 Å². The summed E-state index contributed by atoms with van der Waals surface area (Å²) in [5.74, 6) is -0.125. The van der Waals surface area contributed by atoms with E-state index in [1.54, 1.807) is 0 Å². The van der Waals surface area contributed by atoms with Crippen molar-refractivity contribution in [1.29, 1.82) is 0 Å². The molecule has 0 spiro atoms. The molecule has 1 saturated heterocycles. The van der Waals surface area contributed by atoms with Crippen molar-refractivity contribution in [1.82, 2.24) is 4.90 Å². The molecule has 0 aliphatic carbocycles. The third-order valence-corrected chi connectivity index (χ3v) is 3.97. The minimum absolute atomic E-state index is 0.565. The number of hydrogen-bond acceptors (Lipinski definition) is 2. The predicted octanol–water partition coefficient (Wildman–Crippen LogP) is 2.41. The normalized spacial score (nSPS) is 23.8. The number of benzene rings is 1. The molecule has 18 heavy (non-hydrogen) atoms. The molecule has 98 valence electrons. The zero-order valence-corrected chi connectivity index (χ0v) is 11.1. The first-order valence-corrected chi connectivity index (χ1v) is 6.55. The fourth-order valence-electron chi connectivity index (χ4n) is 2.70. The molecule has 1 aromatic rings. The van der Waals surface area contributed by atoms with Crippen molar-refractivity contribution in [2.45, 2.75) is 32.2 Å². The Kier molecular flexibility index (Phi) is 3.71. The smallest absolute Gasteiger partial charge is 0.324 e. The predicted molar refractivity (Wildman–Crippen MR) is 71.5 cm³/mol. The van der Waals surface area contributed by atoms with Crippen molar-refractivity contribution in [3.05, 3.63) is 35.9 Å². The Morgan fingerprint density at radius 3 is 2.61 bits per heavy atom. The lowest BCUT2D eigenvalue weighted by Gasteiger charge is -2.35. The molecule has 0 aromatic heterocycles. The van der Waals surface area contributed by atoms with E-state index in [2.05, 4.69) is 11.8 Å². The maximum absolute atomic E-state index is 11.7. The van der Waals surface area contributed by atoms with E-state index >= 15 is 0 Å². The fraction of sp³-hybridized carbons (Fsp3) is 0.533. The summed E-state index contributed by atoms with van der Waals surface area (Å²) in [5, 5.41) is 9.60. The minimum atomic E-state index is -0.786. The first kappa shape index (κ1) is 13.1. The van der Waals surface area contributed by atoms with E-state index in [0.29, 0.717) is 12.3 Å². The molecule has 2 atom stereocenters. The third-order valence-electron chi connectivity index (χ3n) is 3.97. The number of carbonyl (C=O) groups is 1. The van der Waals surface area contributed by atoms with E-state index < -0.39 is 11.5 Å². The van der Waals surface area contributed by atoms with Gasteiger partial charge in [0, 0.05) is 13.0 Å². The molecule has 2 unspecified atom stereocenters. The van der Waals surface area contributed by atoms with Crippen molar-refractivity contribution in [3.63, 3.8) is 0 Å². The molecular weight excluding hydrogens is 226 g/mol. The number of rotatable bonds is 4. The lowest BCUT2D eigenvalue weighted by atomic mass is 9.91. The summed E-state index contributed by atoms with van der Waals surface area (Å²) in [7, 11) is 0. The summed E-state index contributed by atoms with van der Waals surface area (Å²) in [6.07, 6.45) is 1.66. The van der Waals surface area contributed by atoms with Crippen LogP contribution in [0.5, 0.6) is 0 Å². The van der Waals surface area contributed by atoms with Crippen molar-refractivity contribution in [2.24, 2.45) is 5.92 Å². The van der Waals surface area contributed by atoms with Gasteiger partial charge in [-0.2, -0.15) is 0 Å². The molecule has 2 rings (SSSR count). The fourth-order valence-corrected chi connectivity index (χ4v) is 2.70. The standard InChI is InChI=1S/C15H21NO2/c1-12-8-9-16(11-12)15(2,14(17)18)10-13-6-4-3-5-7-13/h3-7,12H,8-11H2,1-2H3,(H,17,18). The Bertz CT molecular complexity index is 418. The molecule has 1 aromatic carbocycles. The van der Waals surface area contributed by atoms with Gasteiger partial charge in [-0.25, -0.2) is 0 Å². The lowest BCUT2D eigenvalue weighted by Crippen LogP contribution is -2.53. The van der Waals surface area contributed by atoms with Gasteiger partial charge in [0.1, 0.15) is 5.54 Å². The Hall–Kier alpha value is -1.35. The summed E-state index contributed by atoms with van der Waals surface area (Å²) < 4.78 is 0. The Labute approximate surface area is 108 Å². The minimum Gasteiger partial charge on any atom is -0.480 e. The molecule has 0 amide bonds. The number of carboxylic acids is 1. The second-order valence-corrected chi connectivity index (χ2v) is 5.58. The van der Waals surface area contributed by atoms with E-state index in [0.717, 1.165) is 25.1 Å².